The summed E-state index contributed by atoms with van der Waals surface area (Å²) in [5.74, 6) is -0.366. The number of nitrogens with zero attached hydrogens (tertiary/aromatic N) is 2. The highest BCUT2D eigenvalue weighted by Crippen LogP contribution is 2.35. The Balaban J connectivity index is 1.53. The standard InChI is InChI=1S/C30H28N2O2/c1-3-17-31-23(15-13-21-9-5-7-11-27(21)31)19-25-29(33)26(30(25)34)20-24-16-14-22-10-6-8-12-28(22)32(24)18-4-2/h5-16,19-20H,3-4,17-18H2,1-2H3. The van der Waals surface area contributed by atoms with Gasteiger partial charge in [-0.1, -0.05) is 56.0 Å². The molecule has 0 unspecified atom stereocenters. The first-order valence-electron chi connectivity index (χ1n) is 12.0. The molecule has 3 aromatic rings. The van der Waals surface area contributed by atoms with Crippen molar-refractivity contribution in [1.82, 2.24) is 0 Å². The zero-order chi connectivity index (χ0) is 23.7. The van der Waals surface area contributed by atoms with E-state index < -0.39 is 0 Å². The summed E-state index contributed by atoms with van der Waals surface area (Å²) in [5, 5.41) is 14.2. The summed E-state index contributed by atoms with van der Waals surface area (Å²) in [6.45, 7) is 5.89. The number of carbonyl (C=O) groups is 1. The number of hydrogen-bond acceptors (Lipinski definition) is 3. The fourth-order valence-corrected chi connectivity index (χ4v) is 4.75. The monoisotopic (exact) mass is 448 g/mol. The number of ketones is 1. The minimum Gasteiger partial charge on any atom is -0.871 e. The van der Waals surface area contributed by atoms with Gasteiger partial charge in [-0.25, -0.2) is 0 Å². The van der Waals surface area contributed by atoms with Crippen molar-refractivity contribution >= 4 is 34.5 Å². The second-order valence-electron chi connectivity index (χ2n) is 8.71. The number of para-hydroxylation sites is 2. The van der Waals surface area contributed by atoms with Crippen LogP contribution in [0.5, 0.6) is 0 Å². The highest BCUT2D eigenvalue weighted by Gasteiger charge is 2.28. The Morgan fingerprint density at radius 2 is 1.71 bits per heavy atom. The van der Waals surface area contributed by atoms with E-state index in [1.54, 1.807) is 12.2 Å². The maximum atomic E-state index is 13.1. The summed E-state index contributed by atoms with van der Waals surface area (Å²) >= 11 is 0. The number of aromatic nitrogens is 1. The lowest BCUT2D eigenvalue weighted by Gasteiger charge is -2.33. The van der Waals surface area contributed by atoms with Gasteiger partial charge in [0.15, 0.2) is 5.78 Å². The Hall–Kier alpha value is -3.92. The molecule has 2 aromatic carbocycles. The largest absolute Gasteiger partial charge is 0.871 e. The molecule has 0 amide bonds. The molecule has 0 radical (unpaired) electrons. The number of anilines is 1. The maximum Gasteiger partial charge on any atom is 0.212 e. The molecule has 0 bridgehead atoms. The molecule has 0 N–H and O–H groups in total. The topological polar surface area (TPSA) is 47.2 Å². The van der Waals surface area contributed by atoms with Gasteiger partial charge in [0.25, 0.3) is 0 Å². The summed E-state index contributed by atoms with van der Waals surface area (Å²) in [5.41, 5.74) is 5.62. The first-order valence-corrected chi connectivity index (χ1v) is 12.0. The lowest BCUT2D eigenvalue weighted by Crippen LogP contribution is -2.38. The van der Waals surface area contributed by atoms with Crippen molar-refractivity contribution in [3.8, 4) is 0 Å². The van der Waals surface area contributed by atoms with E-state index in [9.17, 15) is 9.90 Å². The smallest absolute Gasteiger partial charge is 0.212 e. The zero-order valence-electron chi connectivity index (χ0n) is 19.6. The second kappa shape index (κ2) is 9.14. The Kier molecular flexibility index (Phi) is 5.89. The van der Waals surface area contributed by atoms with Crippen LogP contribution in [0.25, 0.3) is 23.1 Å². The van der Waals surface area contributed by atoms with E-state index in [4.69, 9.17) is 0 Å². The Morgan fingerprint density at radius 3 is 2.50 bits per heavy atom. The van der Waals surface area contributed by atoms with E-state index in [1.165, 1.54) is 0 Å². The van der Waals surface area contributed by atoms with Gasteiger partial charge < -0.3 is 10.0 Å². The molecule has 170 valence electrons. The summed E-state index contributed by atoms with van der Waals surface area (Å²) in [7, 11) is 0. The molecular formula is C30H28N2O2. The van der Waals surface area contributed by atoms with Crippen molar-refractivity contribution in [2.24, 2.45) is 0 Å². The molecule has 4 heteroatoms. The molecule has 0 saturated heterocycles. The predicted octanol–water partition coefficient (Wildman–Crippen LogP) is 4.95. The molecule has 5 rings (SSSR count). The van der Waals surface area contributed by atoms with Crippen molar-refractivity contribution in [3.63, 3.8) is 0 Å². The van der Waals surface area contributed by atoms with Gasteiger partial charge in [0, 0.05) is 59.1 Å². The molecule has 2 aliphatic rings. The summed E-state index contributed by atoms with van der Waals surface area (Å²) in [6, 6.07) is 20.4. The van der Waals surface area contributed by atoms with Crippen LogP contribution in [0.15, 0.2) is 95.4 Å². The third-order valence-electron chi connectivity index (χ3n) is 6.40. The van der Waals surface area contributed by atoms with Crippen molar-refractivity contribution in [2.75, 3.05) is 11.4 Å². The van der Waals surface area contributed by atoms with Crippen molar-refractivity contribution < 1.29 is 14.5 Å². The number of carbonyl (C=O) groups excluding carboxylic acids is 1. The van der Waals surface area contributed by atoms with Gasteiger partial charge in [-0.05, 0) is 42.3 Å². The molecule has 0 fully saturated rings. The predicted molar refractivity (Wildman–Crippen MR) is 136 cm³/mol. The third kappa shape index (κ3) is 3.75. The van der Waals surface area contributed by atoms with Crippen LogP contribution in [0.1, 0.15) is 37.9 Å². The quantitative estimate of drug-likeness (QED) is 0.396. The van der Waals surface area contributed by atoms with Crippen LogP contribution in [-0.2, 0) is 11.3 Å². The normalized spacial score (nSPS) is 17.6. The SMILES string of the molecule is CCCN1/C(=C/C2=C([O-])C(=C/c3ccc4ccccc4[n+]3CCC)/C2=O)C=Cc2ccccc21. The van der Waals surface area contributed by atoms with Crippen molar-refractivity contribution in [2.45, 2.75) is 33.2 Å². The van der Waals surface area contributed by atoms with Crippen LogP contribution in [0, 0.1) is 0 Å². The second-order valence-corrected chi connectivity index (χ2v) is 8.71. The average molecular weight is 449 g/mol. The van der Waals surface area contributed by atoms with E-state index in [0.29, 0.717) is 0 Å². The van der Waals surface area contributed by atoms with Crippen LogP contribution in [-0.4, -0.2) is 12.3 Å². The molecule has 0 atom stereocenters. The van der Waals surface area contributed by atoms with Gasteiger partial charge in [0.05, 0.1) is 0 Å². The third-order valence-corrected chi connectivity index (χ3v) is 6.40. The molecule has 1 aromatic heterocycles. The van der Waals surface area contributed by atoms with E-state index in [2.05, 4.69) is 47.6 Å². The van der Waals surface area contributed by atoms with Crippen LogP contribution < -0.4 is 14.6 Å². The fourth-order valence-electron chi connectivity index (χ4n) is 4.75. The lowest BCUT2D eigenvalue weighted by molar-refractivity contribution is -0.673. The van der Waals surface area contributed by atoms with Crippen LogP contribution in [0.3, 0.4) is 0 Å². The van der Waals surface area contributed by atoms with Gasteiger partial charge in [-0.15, -0.1) is 0 Å². The van der Waals surface area contributed by atoms with Crippen molar-refractivity contribution in [1.29, 1.82) is 0 Å². The Labute approximate surface area is 200 Å². The molecule has 2 heterocycles. The maximum absolute atomic E-state index is 13.1. The minimum atomic E-state index is -0.183. The van der Waals surface area contributed by atoms with Gasteiger partial charge in [0.1, 0.15) is 6.54 Å². The van der Waals surface area contributed by atoms with Gasteiger partial charge in [0.2, 0.25) is 11.2 Å². The zero-order valence-corrected chi connectivity index (χ0v) is 19.6. The van der Waals surface area contributed by atoms with Crippen LogP contribution in [0.2, 0.25) is 0 Å². The number of hydrogen-bond donors (Lipinski definition) is 0. The number of Topliss-reactive ketones (excluding diaryl/α,β-unsaturated/α-hetero) is 1. The molecular weight excluding hydrogens is 420 g/mol. The molecule has 0 spiro atoms. The summed E-state index contributed by atoms with van der Waals surface area (Å²) in [4.78, 5) is 15.3. The average Bonchev–Trinajstić information content (AvgIpc) is 2.87. The number of allylic oxidation sites excluding steroid dienone is 4. The van der Waals surface area contributed by atoms with E-state index >= 15 is 0 Å². The number of fused-ring (bicyclic) bond motifs is 2. The number of rotatable bonds is 6. The lowest BCUT2D eigenvalue weighted by atomic mass is 9.86. The molecule has 4 nitrogen and oxygen atoms in total. The number of benzene rings is 2. The number of pyridine rings is 1. The first-order chi connectivity index (χ1) is 16.6. The van der Waals surface area contributed by atoms with Crippen LogP contribution >= 0.6 is 0 Å². The van der Waals surface area contributed by atoms with Gasteiger partial charge in [-0.3, -0.25) is 4.79 Å². The fraction of sp³-hybridized carbons (Fsp3) is 0.200. The molecule has 1 aliphatic carbocycles. The Bertz CT molecular complexity index is 1410. The van der Waals surface area contributed by atoms with Gasteiger partial charge >= 0.3 is 0 Å². The van der Waals surface area contributed by atoms with Gasteiger partial charge in [-0.2, -0.15) is 4.57 Å². The summed E-state index contributed by atoms with van der Waals surface area (Å²) < 4.78 is 2.18. The van der Waals surface area contributed by atoms with Crippen LogP contribution in [0.4, 0.5) is 5.69 Å². The molecule has 1 aliphatic heterocycles. The minimum absolute atomic E-state index is 0.183. The van der Waals surface area contributed by atoms with E-state index in [0.717, 1.165) is 59.5 Å². The number of aryl methyl sites for hydroxylation is 1. The molecule has 34 heavy (non-hydrogen) atoms. The van der Waals surface area contributed by atoms with E-state index in [1.807, 2.05) is 48.6 Å². The summed E-state index contributed by atoms with van der Waals surface area (Å²) in [6.07, 6.45) is 9.46. The molecule has 0 saturated carbocycles. The highest BCUT2D eigenvalue weighted by molar-refractivity contribution is 6.23. The Morgan fingerprint density at radius 1 is 0.912 bits per heavy atom. The first kappa shape index (κ1) is 21.9. The van der Waals surface area contributed by atoms with E-state index in [-0.39, 0.29) is 22.7 Å². The highest BCUT2D eigenvalue weighted by atomic mass is 16.3. The van der Waals surface area contributed by atoms with Crippen molar-refractivity contribution in [3.05, 3.63) is 107 Å².